The number of hydrogen-bond donors (Lipinski definition) is 1. The van der Waals surface area contributed by atoms with E-state index in [0.29, 0.717) is 24.9 Å². The highest BCUT2D eigenvalue weighted by molar-refractivity contribution is 5.90. The number of fused-ring (bicyclic) bond motifs is 1. The molecule has 0 atom stereocenters. The Balaban J connectivity index is 1.20. The van der Waals surface area contributed by atoms with E-state index in [1.165, 1.54) is 17.7 Å². The van der Waals surface area contributed by atoms with Crippen LogP contribution in [0.5, 0.6) is 0 Å². The highest BCUT2D eigenvalue weighted by Crippen LogP contribution is 2.40. The third-order valence-corrected chi connectivity index (χ3v) is 6.66. The number of aromatic nitrogens is 4. The lowest BCUT2D eigenvalue weighted by molar-refractivity contribution is 0.0701. The van der Waals surface area contributed by atoms with Crippen molar-refractivity contribution in [2.45, 2.75) is 37.5 Å². The molecule has 1 saturated carbocycles. The van der Waals surface area contributed by atoms with Crippen LogP contribution in [0.2, 0.25) is 0 Å². The van der Waals surface area contributed by atoms with E-state index in [-0.39, 0.29) is 17.5 Å². The summed E-state index contributed by atoms with van der Waals surface area (Å²) in [6, 6.07) is 14.8. The van der Waals surface area contributed by atoms with Gasteiger partial charge in [0.25, 0.3) is 5.91 Å². The molecule has 2 aromatic carbocycles. The van der Waals surface area contributed by atoms with Crippen molar-refractivity contribution in [3.8, 4) is 5.69 Å². The molecule has 1 aliphatic carbocycles. The number of H-pyrrole nitrogens is 1. The molecule has 1 N–H and O–H groups in total. The maximum atomic E-state index is 13.5. The Hall–Kier alpha value is -3.48. The van der Waals surface area contributed by atoms with Crippen LogP contribution in [0.15, 0.2) is 54.7 Å². The number of aromatic amines is 1. The molecule has 2 aromatic heterocycles. The Labute approximate surface area is 185 Å². The van der Waals surface area contributed by atoms with Gasteiger partial charge in [-0.2, -0.15) is 0 Å². The van der Waals surface area contributed by atoms with E-state index in [0.717, 1.165) is 48.1 Å². The number of rotatable bonds is 4. The Morgan fingerprint density at radius 2 is 1.78 bits per heavy atom. The van der Waals surface area contributed by atoms with Crippen LogP contribution in [0.25, 0.3) is 16.6 Å². The molecular weight excluding hydrogens is 405 g/mol. The smallest absolute Gasteiger partial charge is 0.293 e. The van der Waals surface area contributed by atoms with Gasteiger partial charge in [0.2, 0.25) is 5.82 Å². The van der Waals surface area contributed by atoms with Crippen LogP contribution in [-0.2, 0) is 0 Å². The zero-order chi connectivity index (χ0) is 21.7. The van der Waals surface area contributed by atoms with Crippen LogP contribution in [0.3, 0.4) is 0 Å². The van der Waals surface area contributed by atoms with Crippen molar-refractivity contribution in [1.29, 1.82) is 0 Å². The summed E-state index contributed by atoms with van der Waals surface area (Å²) in [5, 5.41) is 5.67. The molecule has 162 valence electrons. The lowest BCUT2D eigenvalue weighted by Crippen LogP contribution is -2.38. The molecule has 0 radical (unpaired) electrons. The molecule has 7 heteroatoms. The van der Waals surface area contributed by atoms with Crippen LogP contribution < -0.4 is 0 Å². The molecular formula is C25H24FN5O. The first kappa shape index (κ1) is 19.2. The van der Waals surface area contributed by atoms with Gasteiger partial charge in [-0.15, -0.1) is 5.10 Å². The van der Waals surface area contributed by atoms with E-state index in [4.69, 9.17) is 0 Å². The summed E-state index contributed by atoms with van der Waals surface area (Å²) in [6.45, 7) is 1.33. The van der Waals surface area contributed by atoms with Crippen molar-refractivity contribution in [1.82, 2.24) is 24.6 Å². The third-order valence-electron chi connectivity index (χ3n) is 6.66. The zero-order valence-electron chi connectivity index (χ0n) is 17.7. The molecule has 6 nitrogen and oxygen atoms in total. The fourth-order valence-corrected chi connectivity index (χ4v) is 4.77. The lowest BCUT2D eigenvalue weighted by Gasteiger charge is -2.31. The quantitative estimate of drug-likeness (QED) is 0.507. The Morgan fingerprint density at radius 3 is 2.53 bits per heavy atom. The number of carbonyl (C=O) groups is 1. The van der Waals surface area contributed by atoms with Crippen molar-refractivity contribution in [3.63, 3.8) is 0 Å². The van der Waals surface area contributed by atoms with Crippen molar-refractivity contribution in [2.24, 2.45) is 0 Å². The summed E-state index contributed by atoms with van der Waals surface area (Å²) < 4.78 is 15.3. The number of nitrogens with one attached hydrogen (secondary N) is 1. The van der Waals surface area contributed by atoms with Crippen molar-refractivity contribution in [3.05, 3.63) is 77.8 Å². The van der Waals surface area contributed by atoms with Gasteiger partial charge in [0.15, 0.2) is 0 Å². The van der Waals surface area contributed by atoms with Crippen molar-refractivity contribution in [2.75, 3.05) is 13.1 Å². The van der Waals surface area contributed by atoms with Crippen LogP contribution in [0, 0.1) is 5.82 Å². The van der Waals surface area contributed by atoms with E-state index in [2.05, 4.69) is 15.1 Å². The molecule has 1 amide bonds. The first-order valence-corrected chi connectivity index (χ1v) is 11.3. The van der Waals surface area contributed by atoms with Gasteiger partial charge in [0, 0.05) is 36.1 Å². The molecule has 0 unspecified atom stereocenters. The topological polar surface area (TPSA) is 66.8 Å². The molecule has 0 spiro atoms. The van der Waals surface area contributed by atoms with E-state index in [1.807, 2.05) is 52.2 Å². The minimum atomic E-state index is -0.237. The predicted octanol–water partition coefficient (Wildman–Crippen LogP) is 4.78. The largest absolute Gasteiger partial charge is 0.361 e. The number of piperidine rings is 1. The predicted molar refractivity (Wildman–Crippen MR) is 119 cm³/mol. The first-order chi connectivity index (χ1) is 15.7. The monoisotopic (exact) mass is 429 g/mol. The fraction of sp³-hybridized carbons (Fsp3) is 0.320. The Kier molecular flexibility index (Phi) is 4.56. The fourth-order valence-electron chi connectivity index (χ4n) is 4.77. The summed E-state index contributed by atoms with van der Waals surface area (Å²) >= 11 is 0. The molecule has 2 fully saturated rings. The molecule has 4 aromatic rings. The van der Waals surface area contributed by atoms with Gasteiger partial charge in [-0.1, -0.05) is 18.2 Å². The van der Waals surface area contributed by atoms with E-state index in [1.54, 1.807) is 0 Å². The number of likely N-dealkylation sites (tertiary alicyclic amines) is 1. The van der Waals surface area contributed by atoms with Gasteiger partial charge in [0.1, 0.15) is 11.6 Å². The summed E-state index contributed by atoms with van der Waals surface area (Å²) in [5.74, 6) is 1.58. The number of carbonyl (C=O) groups excluding carboxylic acids is 1. The number of nitrogens with zero attached hydrogens (tertiary/aromatic N) is 4. The number of amides is 1. The summed E-state index contributed by atoms with van der Waals surface area (Å²) in [6.07, 6.45) is 5.91. The summed E-state index contributed by atoms with van der Waals surface area (Å²) in [5.41, 5.74) is 2.96. The average Bonchev–Trinajstić information content (AvgIpc) is 3.44. The molecule has 1 aliphatic heterocycles. The molecule has 32 heavy (non-hydrogen) atoms. The molecule has 6 rings (SSSR count). The third kappa shape index (κ3) is 3.38. The summed E-state index contributed by atoms with van der Waals surface area (Å²) in [7, 11) is 0. The second kappa shape index (κ2) is 7.58. The van der Waals surface area contributed by atoms with Gasteiger partial charge in [-0.3, -0.25) is 4.79 Å². The van der Waals surface area contributed by atoms with E-state index in [9.17, 15) is 9.18 Å². The molecule has 2 aliphatic rings. The van der Waals surface area contributed by atoms with Crippen LogP contribution >= 0.6 is 0 Å². The minimum absolute atomic E-state index is 0.0963. The lowest BCUT2D eigenvalue weighted by atomic mass is 9.89. The van der Waals surface area contributed by atoms with Gasteiger partial charge >= 0.3 is 0 Å². The maximum Gasteiger partial charge on any atom is 0.293 e. The van der Waals surface area contributed by atoms with Gasteiger partial charge in [-0.25, -0.2) is 14.1 Å². The Bertz CT molecular complexity index is 1280. The minimum Gasteiger partial charge on any atom is -0.361 e. The van der Waals surface area contributed by atoms with Crippen molar-refractivity contribution >= 4 is 16.8 Å². The van der Waals surface area contributed by atoms with Gasteiger partial charge in [-0.05, 0) is 67.5 Å². The average molecular weight is 429 g/mol. The Morgan fingerprint density at radius 1 is 1.00 bits per heavy atom. The number of halogens is 1. The number of benzene rings is 2. The molecule has 0 bridgehead atoms. The molecule has 1 saturated heterocycles. The second-order valence-corrected chi connectivity index (χ2v) is 8.82. The zero-order valence-corrected chi connectivity index (χ0v) is 17.7. The second-order valence-electron chi connectivity index (χ2n) is 8.82. The highest BCUT2D eigenvalue weighted by Gasteiger charge is 2.33. The standard InChI is InChI=1S/C25H24FN5O/c26-18-8-9-20-21(15-27-22(20)14-18)16-10-12-30(13-11-16)25(32)23-28-24(17-6-7-17)31(29-23)19-4-2-1-3-5-19/h1-5,8-9,14-17,27H,6-7,10-13H2. The van der Waals surface area contributed by atoms with Crippen LogP contribution in [0.1, 0.15) is 59.5 Å². The highest BCUT2D eigenvalue weighted by atomic mass is 19.1. The van der Waals surface area contributed by atoms with E-state index < -0.39 is 0 Å². The van der Waals surface area contributed by atoms with Crippen molar-refractivity contribution < 1.29 is 9.18 Å². The first-order valence-electron chi connectivity index (χ1n) is 11.3. The van der Waals surface area contributed by atoms with Gasteiger partial charge < -0.3 is 9.88 Å². The normalized spacial score (nSPS) is 17.2. The maximum absolute atomic E-state index is 13.5. The molecule has 3 heterocycles. The summed E-state index contributed by atoms with van der Waals surface area (Å²) in [4.78, 5) is 22.9. The van der Waals surface area contributed by atoms with Gasteiger partial charge in [0.05, 0.1) is 5.69 Å². The van der Waals surface area contributed by atoms with Crippen LogP contribution in [-0.4, -0.2) is 43.6 Å². The van der Waals surface area contributed by atoms with Crippen LogP contribution in [0.4, 0.5) is 4.39 Å². The van der Waals surface area contributed by atoms with E-state index >= 15 is 0 Å². The number of hydrogen-bond acceptors (Lipinski definition) is 3. The SMILES string of the molecule is O=C(c1nc(C2CC2)n(-c2ccccc2)n1)N1CCC(c2c[nH]c3cc(F)ccc23)CC1. The number of para-hydroxylation sites is 1.